The summed E-state index contributed by atoms with van der Waals surface area (Å²) in [6.07, 6.45) is 0. The van der Waals surface area contributed by atoms with E-state index in [0.29, 0.717) is 11.4 Å². The number of aromatic nitrogens is 1. The molecule has 37 heavy (non-hydrogen) atoms. The molecule has 0 fully saturated rings. The van der Waals surface area contributed by atoms with Crippen LogP contribution in [0.3, 0.4) is 0 Å². The molecule has 9 nitrogen and oxygen atoms in total. The van der Waals surface area contributed by atoms with E-state index >= 15 is 0 Å². The quantitative estimate of drug-likeness (QED) is 0.322. The maximum Gasteiger partial charge on any atom is 0.273 e. The number of nitrogens with zero attached hydrogens (tertiary/aromatic N) is 2. The Morgan fingerprint density at radius 1 is 1.05 bits per heavy atom. The van der Waals surface area contributed by atoms with Crippen LogP contribution in [-0.2, 0) is 11.3 Å². The van der Waals surface area contributed by atoms with Crippen LogP contribution in [0.15, 0.2) is 65.1 Å². The Balaban J connectivity index is 1.85. The van der Waals surface area contributed by atoms with Crippen molar-refractivity contribution in [3.8, 4) is 0 Å². The van der Waals surface area contributed by atoms with Crippen molar-refractivity contribution < 1.29 is 18.8 Å². The zero-order chi connectivity index (χ0) is 26.7. The molecule has 0 aliphatic carbocycles. The van der Waals surface area contributed by atoms with E-state index in [-0.39, 0.29) is 28.6 Å². The molecule has 190 valence electrons. The standard InChI is InChI=1S/C27H27N5O4S/c1-15-9-10-16(2)19(13-15)32(27(35)24-21(28)22(25(29)33)31-37-24)23(20-12-11-17(3)36-20)26(34)30-14-18-7-5-4-6-8-18/h4-13,23H,14,28H2,1-3H3,(H2,29,33)(H,30,34). The van der Waals surface area contributed by atoms with Crippen molar-refractivity contribution in [1.82, 2.24) is 9.69 Å². The number of aryl methyl sites for hydroxylation is 3. The number of benzene rings is 2. The van der Waals surface area contributed by atoms with Crippen molar-refractivity contribution in [2.24, 2.45) is 5.73 Å². The van der Waals surface area contributed by atoms with Gasteiger partial charge in [-0.1, -0.05) is 42.5 Å². The molecular formula is C27H27N5O4S. The summed E-state index contributed by atoms with van der Waals surface area (Å²) in [7, 11) is 0. The first kappa shape index (κ1) is 25.6. The average Bonchev–Trinajstić information content (AvgIpc) is 3.48. The SMILES string of the molecule is Cc1ccc(C)c(N(C(=O)c2snc(C(N)=O)c2N)C(C(=O)NCc2ccccc2)c2ccc(C)o2)c1. The van der Waals surface area contributed by atoms with Crippen molar-refractivity contribution in [3.63, 3.8) is 0 Å². The van der Waals surface area contributed by atoms with Gasteiger partial charge < -0.3 is 21.2 Å². The van der Waals surface area contributed by atoms with E-state index in [9.17, 15) is 14.4 Å². The first-order chi connectivity index (χ1) is 17.7. The van der Waals surface area contributed by atoms with Crippen molar-refractivity contribution >= 4 is 40.6 Å². The molecule has 0 radical (unpaired) electrons. The average molecular weight is 518 g/mol. The van der Waals surface area contributed by atoms with Gasteiger partial charge in [0.2, 0.25) is 0 Å². The van der Waals surface area contributed by atoms with Crippen LogP contribution in [0.5, 0.6) is 0 Å². The molecule has 4 rings (SSSR count). The molecule has 2 aromatic heterocycles. The van der Waals surface area contributed by atoms with Crippen LogP contribution in [0.25, 0.3) is 0 Å². The Labute approximate surface area is 218 Å². The molecule has 0 saturated heterocycles. The first-order valence-corrected chi connectivity index (χ1v) is 12.3. The lowest BCUT2D eigenvalue weighted by Gasteiger charge is -2.31. The van der Waals surface area contributed by atoms with Gasteiger partial charge >= 0.3 is 0 Å². The van der Waals surface area contributed by atoms with Gasteiger partial charge in [0.15, 0.2) is 11.7 Å². The Kier molecular flexibility index (Phi) is 7.40. The second-order valence-electron chi connectivity index (χ2n) is 8.66. The topological polar surface area (TPSA) is 145 Å². The minimum Gasteiger partial charge on any atom is -0.464 e. The molecule has 0 saturated carbocycles. The van der Waals surface area contributed by atoms with Gasteiger partial charge in [0.1, 0.15) is 16.4 Å². The molecule has 2 aromatic carbocycles. The number of nitrogens with one attached hydrogen (secondary N) is 1. The summed E-state index contributed by atoms with van der Waals surface area (Å²) in [6, 6.07) is 17.2. The summed E-state index contributed by atoms with van der Waals surface area (Å²) in [6.45, 7) is 5.73. The minimum absolute atomic E-state index is 0.00107. The van der Waals surface area contributed by atoms with Gasteiger partial charge in [-0.15, -0.1) is 0 Å². The summed E-state index contributed by atoms with van der Waals surface area (Å²) < 4.78 is 9.86. The number of nitrogens with two attached hydrogens (primary N) is 2. The van der Waals surface area contributed by atoms with Crippen LogP contribution < -0.4 is 21.7 Å². The number of furan rings is 1. The van der Waals surface area contributed by atoms with Gasteiger partial charge in [-0.3, -0.25) is 19.3 Å². The Morgan fingerprint density at radius 2 is 1.78 bits per heavy atom. The number of carbonyl (C=O) groups is 3. The van der Waals surface area contributed by atoms with E-state index in [1.54, 1.807) is 19.1 Å². The fourth-order valence-corrected chi connectivity index (χ4v) is 4.68. The summed E-state index contributed by atoms with van der Waals surface area (Å²) in [5, 5.41) is 2.93. The lowest BCUT2D eigenvalue weighted by molar-refractivity contribution is -0.123. The number of rotatable bonds is 8. The largest absolute Gasteiger partial charge is 0.464 e. The van der Waals surface area contributed by atoms with Gasteiger partial charge in [0, 0.05) is 12.2 Å². The summed E-state index contributed by atoms with van der Waals surface area (Å²) >= 11 is 0.756. The molecule has 0 aliphatic rings. The minimum atomic E-state index is -1.18. The van der Waals surface area contributed by atoms with Gasteiger partial charge in [0.05, 0.1) is 5.69 Å². The second-order valence-corrected chi connectivity index (χ2v) is 9.43. The molecule has 4 aromatic rings. The van der Waals surface area contributed by atoms with Crippen LogP contribution in [-0.4, -0.2) is 22.1 Å². The Morgan fingerprint density at radius 3 is 2.41 bits per heavy atom. The predicted octanol–water partition coefficient (Wildman–Crippen LogP) is 4.05. The monoisotopic (exact) mass is 517 g/mol. The van der Waals surface area contributed by atoms with E-state index in [0.717, 1.165) is 28.2 Å². The lowest BCUT2D eigenvalue weighted by atomic mass is 10.0. The fourth-order valence-electron chi connectivity index (χ4n) is 3.94. The molecule has 0 spiro atoms. The second kappa shape index (κ2) is 10.7. The van der Waals surface area contributed by atoms with Crippen molar-refractivity contribution in [2.45, 2.75) is 33.4 Å². The number of primary amides is 1. The third kappa shape index (κ3) is 5.39. The van der Waals surface area contributed by atoms with Gasteiger partial charge in [0.25, 0.3) is 17.7 Å². The number of nitrogen functional groups attached to an aromatic ring is 1. The summed E-state index contributed by atoms with van der Waals surface area (Å²) in [4.78, 5) is 41.0. The smallest absolute Gasteiger partial charge is 0.273 e. The molecular weight excluding hydrogens is 490 g/mol. The highest BCUT2D eigenvalue weighted by Gasteiger charge is 2.38. The normalized spacial score (nSPS) is 11.6. The van der Waals surface area contributed by atoms with Crippen molar-refractivity contribution in [1.29, 1.82) is 0 Å². The summed E-state index contributed by atoms with van der Waals surface area (Å²) in [5.74, 6) is -1.05. The highest BCUT2D eigenvalue weighted by molar-refractivity contribution is 7.09. The number of carbonyl (C=O) groups excluding carboxylic acids is 3. The maximum absolute atomic E-state index is 14.1. The Hall–Kier alpha value is -4.44. The third-order valence-corrected chi connectivity index (χ3v) is 6.70. The number of hydrogen-bond acceptors (Lipinski definition) is 7. The molecule has 10 heteroatoms. The first-order valence-electron chi connectivity index (χ1n) is 11.5. The highest BCUT2D eigenvalue weighted by Crippen LogP contribution is 2.35. The van der Waals surface area contributed by atoms with Gasteiger partial charge in [-0.25, -0.2) is 0 Å². The van der Waals surface area contributed by atoms with Gasteiger partial charge in [-0.2, -0.15) is 4.37 Å². The molecule has 1 unspecified atom stereocenters. The number of hydrogen-bond donors (Lipinski definition) is 3. The zero-order valence-electron chi connectivity index (χ0n) is 20.6. The van der Waals surface area contributed by atoms with Crippen LogP contribution >= 0.6 is 11.5 Å². The van der Waals surface area contributed by atoms with Crippen LogP contribution in [0.2, 0.25) is 0 Å². The van der Waals surface area contributed by atoms with E-state index in [2.05, 4.69) is 9.69 Å². The van der Waals surface area contributed by atoms with E-state index < -0.39 is 23.8 Å². The maximum atomic E-state index is 14.1. The molecule has 5 N–H and O–H groups in total. The van der Waals surface area contributed by atoms with Crippen molar-refractivity contribution in [2.75, 3.05) is 10.6 Å². The molecule has 0 bridgehead atoms. The van der Waals surface area contributed by atoms with E-state index in [1.165, 1.54) is 4.90 Å². The molecule has 0 aliphatic heterocycles. The lowest BCUT2D eigenvalue weighted by Crippen LogP contribution is -2.44. The van der Waals surface area contributed by atoms with Crippen LogP contribution in [0.4, 0.5) is 11.4 Å². The van der Waals surface area contributed by atoms with Gasteiger partial charge in [-0.05, 0) is 67.2 Å². The third-order valence-electron chi connectivity index (χ3n) is 5.85. The Bertz CT molecular complexity index is 1460. The molecule has 2 heterocycles. The predicted molar refractivity (Wildman–Crippen MR) is 142 cm³/mol. The molecule has 3 amide bonds. The highest BCUT2D eigenvalue weighted by atomic mass is 32.1. The van der Waals surface area contributed by atoms with E-state index in [1.807, 2.05) is 62.4 Å². The van der Waals surface area contributed by atoms with Crippen LogP contribution in [0, 0.1) is 20.8 Å². The summed E-state index contributed by atoms with van der Waals surface area (Å²) in [5.41, 5.74) is 14.2. The fraction of sp³-hybridized carbons (Fsp3) is 0.185. The number of amides is 3. The van der Waals surface area contributed by atoms with E-state index in [4.69, 9.17) is 15.9 Å². The van der Waals surface area contributed by atoms with Crippen LogP contribution in [0.1, 0.15) is 54.4 Å². The van der Waals surface area contributed by atoms with Crippen molar-refractivity contribution in [3.05, 3.63) is 99.4 Å². The zero-order valence-corrected chi connectivity index (χ0v) is 21.5. The molecule has 1 atom stereocenters. The number of anilines is 2.